The molecule has 0 aliphatic carbocycles. The van der Waals surface area contributed by atoms with Gasteiger partial charge in [-0.3, -0.25) is 4.57 Å². The maximum Gasteiger partial charge on any atom is 0.222 e. The normalized spacial score (nSPS) is 18.3. The van der Waals surface area contributed by atoms with Crippen molar-refractivity contribution in [2.75, 3.05) is 12.3 Å². The van der Waals surface area contributed by atoms with Gasteiger partial charge >= 0.3 is 0 Å². The Labute approximate surface area is 347 Å². The van der Waals surface area contributed by atoms with Crippen LogP contribution in [0.25, 0.3) is 11.2 Å². The second kappa shape index (κ2) is 16.2. The lowest BCUT2D eigenvalue weighted by atomic mass is 9.79. The lowest BCUT2D eigenvalue weighted by molar-refractivity contribution is -0.128. The molecular formula is C49H42FN5O3S. The van der Waals surface area contributed by atoms with Gasteiger partial charge in [-0.25, -0.2) is 9.37 Å². The number of H-pyrrole nitrogens is 1. The summed E-state index contributed by atoms with van der Waals surface area (Å²) >= 11 is 5.86. The molecule has 9 rings (SSSR count). The van der Waals surface area contributed by atoms with Crippen molar-refractivity contribution in [1.82, 2.24) is 19.5 Å². The monoisotopic (exact) mass is 799 g/mol. The molecule has 4 atom stereocenters. The Morgan fingerprint density at radius 2 is 1.03 bits per heavy atom. The molecule has 0 radical (unpaired) electrons. The molecule has 3 N–H and O–H groups in total. The topological polar surface area (TPSA) is 100 Å². The van der Waals surface area contributed by atoms with E-state index in [-0.39, 0.29) is 17.3 Å². The highest BCUT2D eigenvalue weighted by Gasteiger charge is 2.53. The number of imidazole rings is 1. The standard InChI is InChI=1S/C49H42FN5O3S/c1-33-42-44(54-46(51)52-33)55(47(59)53-42)45-41(50)43(58-49(37-26-14-5-15-27-37,38-28-16-6-17-29-38)39-30-18-7-19-31-39)40(57-45)32-56-48(34-20-8-2-9-21-34,35-22-10-3-11-23-35)36-24-12-4-13-25-36/h2-31,40-41,43,45H,32H2,1H3,(H,53,59)(H2,51,52,54)/t40-,41+,43-,45-/m1/s1. The van der Waals surface area contributed by atoms with E-state index in [1.54, 1.807) is 11.5 Å². The first-order valence-corrected chi connectivity index (χ1v) is 20.0. The Kier molecular flexibility index (Phi) is 10.5. The van der Waals surface area contributed by atoms with E-state index >= 15 is 4.39 Å². The largest absolute Gasteiger partial charge is 0.368 e. The number of aromatic amines is 1. The van der Waals surface area contributed by atoms with Crippen molar-refractivity contribution in [1.29, 1.82) is 0 Å². The highest BCUT2D eigenvalue weighted by molar-refractivity contribution is 7.71. The molecule has 1 fully saturated rings. The zero-order valence-electron chi connectivity index (χ0n) is 32.3. The molecule has 0 spiro atoms. The fourth-order valence-corrected chi connectivity index (χ4v) is 8.77. The van der Waals surface area contributed by atoms with Crippen LogP contribution in [0.15, 0.2) is 182 Å². The molecule has 10 heteroatoms. The van der Waals surface area contributed by atoms with Crippen molar-refractivity contribution in [2.45, 2.75) is 42.7 Å². The summed E-state index contributed by atoms with van der Waals surface area (Å²) in [5.74, 6) is 0.0356. The van der Waals surface area contributed by atoms with Crippen LogP contribution >= 0.6 is 12.2 Å². The van der Waals surface area contributed by atoms with Gasteiger partial charge in [0.15, 0.2) is 22.8 Å². The maximum absolute atomic E-state index is 18.2. The number of benzene rings is 6. The SMILES string of the molecule is Cc1nc(N)nc2c1[nH]c(=S)n2[C@@H]1O[C@H](COC(c2ccccc2)(c2ccccc2)c2ccccc2)[C@@H](OC(c2ccccc2)(c2ccccc2)c2ccccc2)[C@@H]1F. The number of aryl methyl sites for hydroxylation is 1. The second-order valence-corrected chi connectivity index (χ2v) is 15.0. The third-order valence-corrected chi connectivity index (χ3v) is 11.4. The fourth-order valence-electron chi connectivity index (χ4n) is 8.48. The molecule has 294 valence electrons. The molecule has 0 saturated carbocycles. The highest BCUT2D eigenvalue weighted by Crippen LogP contribution is 2.48. The molecule has 0 unspecified atom stereocenters. The highest BCUT2D eigenvalue weighted by atomic mass is 32.1. The molecule has 59 heavy (non-hydrogen) atoms. The summed E-state index contributed by atoms with van der Waals surface area (Å²) in [6.45, 7) is 1.71. The summed E-state index contributed by atoms with van der Waals surface area (Å²) in [5.41, 5.74) is 10.4. The van der Waals surface area contributed by atoms with Crippen LogP contribution in [0.2, 0.25) is 0 Å². The number of anilines is 1. The van der Waals surface area contributed by atoms with Gasteiger partial charge in [-0.15, -0.1) is 0 Å². The van der Waals surface area contributed by atoms with Crippen LogP contribution in [-0.2, 0) is 25.4 Å². The van der Waals surface area contributed by atoms with E-state index in [4.69, 9.17) is 32.2 Å². The average Bonchev–Trinajstić information content (AvgIpc) is 3.78. The molecule has 2 aromatic heterocycles. The molecule has 1 aliphatic rings. The van der Waals surface area contributed by atoms with Crippen molar-refractivity contribution in [3.8, 4) is 0 Å². The van der Waals surface area contributed by atoms with Crippen molar-refractivity contribution in [3.63, 3.8) is 0 Å². The Bertz CT molecular complexity index is 2510. The van der Waals surface area contributed by atoms with Crippen molar-refractivity contribution in [2.24, 2.45) is 0 Å². The van der Waals surface area contributed by atoms with Gasteiger partial charge in [-0.05, 0) is 52.5 Å². The zero-order valence-corrected chi connectivity index (χ0v) is 33.1. The Hall–Kier alpha value is -6.30. The van der Waals surface area contributed by atoms with E-state index in [2.05, 4.69) is 15.0 Å². The third-order valence-electron chi connectivity index (χ3n) is 11.1. The number of alkyl halides is 1. The maximum atomic E-state index is 18.2. The predicted octanol–water partition coefficient (Wildman–Crippen LogP) is 10.0. The number of nitrogens with one attached hydrogen (secondary N) is 1. The van der Waals surface area contributed by atoms with Gasteiger partial charge in [0, 0.05) is 0 Å². The first-order valence-electron chi connectivity index (χ1n) is 19.6. The number of rotatable bonds is 12. The number of nitrogens with two attached hydrogens (primary N) is 1. The van der Waals surface area contributed by atoms with Crippen LogP contribution in [0.4, 0.5) is 10.3 Å². The first kappa shape index (κ1) is 38.2. The number of aromatic nitrogens is 4. The smallest absolute Gasteiger partial charge is 0.222 e. The van der Waals surface area contributed by atoms with E-state index in [1.165, 1.54) is 0 Å². The van der Waals surface area contributed by atoms with Gasteiger partial charge < -0.3 is 24.9 Å². The number of fused-ring (bicyclic) bond motifs is 1. The van der Waals surface area contributed by atoms with Crippen LogP contribution in [0.5, 0.6) is 0 Å². The second-order valence-electron chi connectivity index (χ2n) is 14.6. The number of halogens is 1. The summed E-state index contributed by atoms with van der Waals surface area (Å²) in [5, 5.41) is 0. The van der Waals surface area contributed by atoms with Crippen LogP contribution in [0.1, 0.15) is 45.3 Å². The van der Waals surface area contributed by atoms with Crippen molar-refractivity contribution >= 4 is 29.3 Å². The average molecular weight is 800 g/mol. The predicted molar refractivity (Wildman–Crippen MR) is 230 cm³/mol. The van der Waals surface area contributed by atoms with Gasteiger partial charge in [0.05, 0.1) is 12.3 Å². The van der Waals surface area contributed by atoms with E-state index in [9.17, 15) is 0 Å². The molecule has 3 heterocycles. The molecule has 0 amide bonds. The van der Waals surface area contributed by atoms with Gasteiger partial charge in [-0.1, -0.05) is 182 Å². The number of ether oxygens (including phenoxy) is 3. The first-order chi connectivity index (χ1) is 28.9. The fraction of sp³-hybridized carbons (Fsp3) is 0.163. The van der Waals surface area contributed by atoms with E-state index < -0.39 is 35.8 Å². The number of hydrogen-bond donors (Lipinski definition) is 2. The summed E-state index contributed by atoms with van der Waals surface area (Å²) in [6.07, 6.45) is -5.25. The molecule has 8 aromatic rings. The summed E-state index contributed by atoms with van der Waals surface area (Å²) in [7, 11) is 0. The number of nitrogens with zero attached hydrogens (tertiary/aromatic N) is 3. The lowest BCUT2D eigenvalue weighted by Crippen LogP contribution is -2.45. The van der Waals surface area contributed by atoms with Crippen LogP contribution < -0.4 is 5.73 Å². The Morgan fingerprint density at radius 3 is 1.44 bits per heavy atom. The number of hydrogen-bond acceptors (Lipinski definition) is 7. The van der Waals surface area contributed by atoms with Gasteiger partial charge in [0.1, 0.15) is 28.9 Å². The summed E-state index contributed by atoms with van der Waals surface area (Å²) in [6, 6.07) is 59.9. The molecular weight excluding hydrogens is 758 g/mol. The van der Waals surface area contributed by atoms with E-state index in [0.29, 0.717) is 16.9 Å². The molecule has 8 nitrogen and oxygen atoms in total. The third kappa shape index (κ3) is 6.83. The summed E-state index contributed by atoms with van der Waals surface area (Å²) in [4.78, 5) is 12.0. The van der Waals surface area contributed by atoms with E-state index in [1.807, 2.05) is 182 Å². The zero-order chi connectivity index (χ0) is 40.4. The van der Waals surface area contributed by atoms with Crippen LogP contribution in [0.3, 0.4) is 0 Å². The quantitative estimate of drug-likeness (QED) is 0.0938. The van der Waals surface area contributed by atoms with Crippen molar-refractivity contribution in [3.05, 3.63) is 226 Å². The molecule has 1 saturated heterocycles. The molecule has 0 bridgehead atoms. The molecule has 1 aliphatic heterocycles. The minimum absolute atomic E-state index is 0.0356. The molecule has 6 aromatic carbocycles. The number of nitrogen functional groups attached to an aromatic ring is 1. The van der Waals surface area contributed by atoms with Gasteiger partial charge in [0.2, 0.25) is 5.95 Å². The minimum Gasteiger partial charge on any atom is -0.368 e. The minimum atomic E-state index is -1.78. The summed E-state index contributed by atoms with van der Waals surface area (Å²) < 4.78 is 41.7. The van der Waals surface area contributed by atoms with Crippen LogP contribution in [0, 0.1) is 11.7 Å². The Balaban J connectivity index is 1.23. The van der Waals surface area contributed by atoms with Gasteiger partial charge in [-0.2, -0.15) is 4.98 Å². The van der Waals surface area contributed by atoms with Crippen molar-refractivity contribution < 1.29 is 18.6 Å². The van der Waals surface area contributed by atoms with Gasteiger partial charge in [0.25, 0.3) is 0 Å². The van der Waals surface area contributed by atoms with E-state index in [0.717, 1.165) is 33.4 Å². The Morgan fingerprint density at radius 1 is 0.644 bits per heavy atom. The van der Waals surface area contributed by atoms with Crippen LogP contribution in [-0.4, -0.2) is 44.5 Å². The lowest BCUT2D eigenvalue weighted by Gasteiger charge is -2.40.